The molecule has 0 unspecified atom stereocenters. The zero-order chi connectivity index (χ0) is 17.2. The number of hydrogen-bond acceptors (Lipinski definition) is 4. The second-order valence-electron chi connectivity index (χ2n) is 5.93. The number of allylic oxidation sites excluding steroid dienone is 1. The highest BCUT2D eigenvalue weighted by Gasteiger charge is 2.26. The van der Waals surface area contributed by atoms with Crippen LogP contribution in [0.4, 0.5) is 0 Å². The predicted molar refractivity (Wildman–Crippen MR) is 101 cm³/mol. The number of carbonyl (C=O) groups is 1. The van der Waals surface area contributed by atoms with Crippen molar-refractivity contribution in [1.29, 1.82) is 0 Å². The van der Waals surface area contributed by atoms with Gasteiger partial charge in [0, 0.05) is 11.1 Å². The molecule has 0 aliphatic heterocycles. The normalized spacial score (nSPS) is 15.2. The first-order valence-electron chi connectivity index (χ1n) is 8.19. The minimum atomic E-state index is 0.108. The Morgan fingerprint density at radius 1 is 1.04 bits per heavy atom. The van der Waals surface area contributed by atoms with E-state index in [4.69, 9.17) is 4.74 Å². The van der Waals surface area contributed by atoms with Crippen molar-refractivity contribution in [3.05, 3.63) is 76.3 Å². The molecular formula is C21H17NO2S. The maximum Gasteiger partial charge on any atom is 0.200 e. The summed E-state index contributed by atoms with van der Waals surface area (Å²) in [5, 5.41) is 0.921. The van der Waals surface area contributed by atoms with Gasteiger partial charge in [-0.1, -0.05) is 42.5 Å². The molecule has 0 amide bonds. The van der Waals surface area contributed by atoms with E-state index in [9.17, 15) is 4.79 Å². The number of thiazole rings is 1. The minimum Gasteiger partial charge on any atom is -0.497 e. The van der Waals surface area contributed by atoms with Crippen molar-refractivity contribution < 1.29 is 9.53 Å². The number of aryl methyl sites for hydroxylation is 1. The lowest BCUT2D eigenvalue weighted by Gasteiger charge is -2.12. The van der Waals surface area contributed by atoms with Gasteiger partial charge >= 0.3 is 0 Å². The number of methoxy groups -OCH3 is 1. The average Bonchev–Trinajstić information content (AvgIpc) is 3.11. The van der Waals surface area contributed by atoms with Crippen molar-refractivity contribution in [1.82, 2.24) is 4.98 Å². The van der Waals surface area contributed by atoms with Crippen molar-refractivity contribution in [2.24, 2.45) is 0 Å². The number of rotatable bonds is 3. The third-order valence-electron chi connectivity index (χ3n) is 4.30. The molecule has 1 aliphatic rings. The standard InChI is InChI=1S/C21H17NO2S/c1-24-17-10-7-14(8-11-17)13-16-9-12-18-20(19(16)23)25-21(22-18)15-5-3-2-4-6-15/h2-8,10-11,13H,9,12H2,1H3. The summed E-state index contributed by atoms with van der Waals surface area (Å²) in [7, 11) is 1.65. The fraction of sp³-hybridized carbons (Fsp3) is 0.143. The first-order chi connectivity index (χ1) is 12.2. The molecule has 1 aromatic heterocycles. The summed E-state index contributed by atoms with van der Waals surface area (Å²) in [5.74, 6) is 0.922. The van der Waals surface area contributed by atoms with Gasteiger partial charge in [-0.25, -0.2) is 4.98 Å². The zero-order valence-corrected chi connectivity index (χ0v) is 14.7. The van der Waals surface area contributed by atoms with Crippen molar-refractivity contribution in [2.45, 2.75) is 12.8 Å². The van der Waals surface area contributed by atoms with E-state index in [1.165, 1.54) is 11.3 Å². The van der Waals surface area contributed by atoms with E-state index in [-0.39, 0.29) is 5.78 Å². The van der Waals surface area contributed by atoms with Crippen molar-refractivity contribution in [3.63, 3.8) is 0 Å². The predicted octanol–water partition coefficient (Wildman–Crippen LogP) is 5.03. The Morgan fingerprint density at radius 2 is 1.80 bits per heavy atom. The van der Waals surface area contributed by atoms with Crippen LogP contribution >= 0.6 is 11.3 Å². The highest BCUT2D eigenvalue weighted by atomic mass is 32.1. The van der Waals surface area contributed by atoms with Gasteiger partial charge in [0.25, 0.3) is 0 Å². The lowest BCUT2D eigenvalue weighted by atomic mass is 9.94. The summed E-state index contributed by atoms with van der Waals surface area (Å²) in [6, 6.07) is 17.8. The molecule has 4 rings (SSSR count). The molecular weight excluding hydrogens is 330 g/mol. The van der Waals surface area contributed by atoms with Gasteiger partial charge in [0.1, 0.15) is 10.8 Å². The molecule has 0 N–H and O–H groups in total. The number of ketones is 1. The quantitative estimate of drug-likeness (QED) is 0.624. The van der Waals surface area contributed by atoms with Gasteiger partial charge in [-0.15, -0.1) is 11.3 Å². The molecule has 3 nitrogen and oxygen atoms in total. The summed E-state index contributed by atoms with van der Waals surface area (Å²) in [5.41, 5.74) is 3.86. The second kappa shape index (κ2) is 6.65. The molecule has 0 saturated carbocycles. The summed E-state index contributed by atoms with van der Waals surface area (Å²) >= 11 is 1.50. The first-order valence-corrected chi connectivity index (χ1v) is 9.00. The van der Waals surface area contributed by atoms with Crippen molar-refractivity contribution in [2.75, 3.05) is 7.11 Å². The molecule has 2 aromatic carbocycles. The Balaban J connectivity index is 1.64. The molecule has 0 bridgehead atoms. The Morgan fingerprint density at radius 3 is 2.52 bits per heavy atom. The molecule has 0 spiro atoms. The number of fused-ring (bicyclic) bond motifs is 1. The number of benzene rings is 2. The average molecular weight is 347 g/mol. The van der Waals surface area contributed by atoms with E-state index >= 15 is 0 Å². The van der Waals surface area contributed by atoms with E-state index in [1.807, 2.05) is 60.7 Å². The van der Waals surface area contributed by atoms with E-state index in [2.05, 4.69) is 4.98 Å². The van der Waals surface area contributed by atoms with Crippen molar-refractivity contribution in [3.8, 4) is 16.3 Å². The fourth-order valence-electron chi connectivity index (χ4n) is 2.95. The lowest BCUT2D eigenvalue weighted by Crippen LogP contribution is -2.12. The van der Waals surface area contributed by atoms with Crippen LogP contribution in [-0.2, 0) is 6.42 Å². The highest BCUT2D eigenvalue weighted by molar-refractivity contribution is 7.17. The summed E-state index contributed by atoms with van der Waals surface area (Å²) < 4.78 is 5.18. The molecule has 0 radical (unpaired) electrons. The number of carbonyl (C=O) groups excluding carboxylic acids is 1. The van der Waals surface area contributed by atoms with Crippen LogP contribution in [-0.4, -0.2) is 17.9 Å². The molecule has 0 saturated heterocycles. The number of nitrogens with zero attached hydrogens (tertiary/aromatic N) is 1. The van der Waals surface area contributed by atoms with E-state index in [1.54, 1.807) is 7.11 Å². The maximum absolute atomic E-state index is 12.9. The number of hydrogen-bond donors (Lipinski definition) is 0. The molecule has 0 atom stereocenters. The Labute approximate surface area is 150 Å². The molecule has 4 heteroatoms. The first kappa shape index (κ1) is 15.8. The summed E-state index contributed by atoms with van der Waals surface area (Å²) in [4.78, 5) is 18.3. The van der Waals surface area contributed by atoms with Gasteiger partial charge in [-0.3, -0.25) is 4.79 Å². The van der Waals surface area contributed by atoms with E-state index in [0.717, 1.165) is 50.9 Å². The Kier molecular flexibility index (Phi) is 4.20. The van der Waals surface area contributed by atoms with Gasteiger partial charge in [-0.05, 0) is 36.6 Å². The highest BCUT2D eigenvalue weighted by Crippen LogP contribution is 2.35. The SMILES string of the molecule is COc1ccc(C=C2CCc3nc(-c4ccccc4)sc3C2=O)cc1. The van der Waals surface area contributed by atoms with Crippen LogP contribution in [0.5, 0.6) is 5.75 Å². The fourth-order valence-corrected chi connectivity index (χ4v) is 4.05. The number of ether oxygens (including phenoxy) is 1. The smallest absolute Gasteiger partial charge is 0.200 e. The van der Waals surface area contributed by atoms with Gasteiger partial charge < -0.3 is 4.74 Å². The lowest BCUT2D eigenvalue weighted by molar-refractivity contribution is 0.103. The van der Waals surface area contributed by atoms with Crippen molar-refractivity contribution >= 4 is 23.2 Å². The third kappa shape index (κ3) is 3.13. The molecule has 0 fully saturated rings. The monoisotopic (exact) mass is 347 g/mol. The van der Waals surface area contributed by atoms with E-state index in [0.29, 0.717) is 0 Å². The molecule has 124 valence electrons. The molecule has 1 aliphatic carbocycles. The van der Waals surface area contributed by atoms with Crippen LogP contribution in [0.1, 0.15) is 27.3 Å². The van der Waals surface area contributed by atoms with Gasteiger partial charge in [0.2, 0.25) is 5.78 Å². The molecule has 1 heterocycles. The van der Waals surface area contributed by atoms with Crippen LogP contribution in [0.2, 0.25) is 0 Å². The van der Waals surface area contributed by atoms with Gasteiger partial charge in [0.05, 0.1) is 17.7 Å². The van der Waals surface area contributed by atoms with Crippen LogP contribution in [0.15, 0.2) is 60.2 Å². The minimum absolute atomic E-state index is 0.108. The Hall–Kier alpha value is -2.72. The van der Waals surface area contributed by atoms with Crippen LogP contribution in [0, 0.1) is 0 Å². The Bertz CT molecular complexity index is 940. The largest absolute Gasteiger partial charge is 0.497 e. The topological polar surface area (TPSA) is 39.2 Å². The molecule has 3 aromatic rings. The second-order valence-corrected chi connectivity index (χ2v) is 6.93. The summed E-state index contributed by atoms with van der Waals surface area (Å²) in [6.45, 7) is 0. The molecule has 25 heavy (non-hydrogen) atoms. The third-order valence-corrected chi connectivity index (χ3v) is 5.45. The zero-order valence-electron chi connectivity index (χ0n) is 13.9. The van der Waals surface area contributed by atoms with Gasteiger partial charge in [-0.2, -0.15) is 0 Å². The van der Waals surface area contributed by atoms with Crippen LogP contribution in [0.25, 0.3) is 16.6 Å². The maximum atomic E-state index is 12.9. The van der Waals surface area contributed by atoms with E-state index < -0.39 is 0 Å². The number of Topliss-reactive ketones (excluding diaryl/α,β-unsaturated/α-hetero) is 1. The van der Waals surface area contributed by atoms with Crippen LogP contribution < -0.4 is 4.74 Å². The summed E-state index contributed by atoms with van der Waals surface area (Å²) in [6.07, 6.45) is 3.52. The van der Waals surface area contributed by atoms with Gasteiger partial charge in [0.15, 0.2) is 0 Å². The van der Waals surface area contributed by atoms with Crippen LogP contribution in [0.3, 0.4) is 0 Å². The number of aromatic nitrogens is 1.